The van der Waals surface area contributed by atoms with Crippen LogP contribution < -0.4 is 5.73 Å². The van der Waals surface area contributed by atoms with E-state index < -0.39 is 16.9 Å². The molecule has 0 aromatic heterocycles. The van der Waals surface area contributed by atoms with Gasteiger partial charge in [0.1, 0.15) is 0 Å². The lowest BCUT2D eigenvalue weighted by atomic mass is 9.98. The van der Waals surface area contributed by atoms with E-state index in [1.807, 2.05) is 30.3 Å². The van der Waals surface area contributed by atoms with Crippen molar-refractivity contribution >= 4 is 35.7 Å². The van der Waals surface area contributed by atoms with Gasteiger partial charge in [-0.25, -0.2) is 9.59 Å². The molecule has 0 unspecified atom stereocenters. The molecule has 0 spiro atoms. The number of ether oxygens (including phenoxy) is 1. The van der Waals surface area contributed by atoms with Crippen molar-refractivity contribution in [1.29, 1.82) is 0 Å². The second kappa shape index (κ2) is 10.4. The van der Waals surface area contributed by atoms with Gasteiger partial charge in [-0.15, -0.1) is 12.4 Å². The zero-order valence-corrected chi connectivity index (χ0v) is 18.5. The van der Waals surface area contributed by atoms with Gasteiger partial charge in [0.05, 0.1) is 16.1 Å². The summed E-state index contributed by atoms with van der Waals surface area (Å²) in [5, 5.41) is 11.3. The zero-order valence-electron chi connectivity index (χ0n) is 17.7. The quantitative estimate of drug-likeness (QED) is 0.126. The van der Waals surface area contributed by atoms with E-state index in [9.17, 15) is 19.7 Å². The highest BCUT2D eigenvalue weighted by atomic mass is 35.5. The topological polar surface area (TPSA) is 113 Å². The van der Waals surface area contributed by atoms with Crippen LogP contribution in [0.5, 0.6) is 0 Å². The highest BCUT2D eigenvalue weighted by molar-refractivity contribution is 6.08. The molecular formula is C26H19ClN2O5. The third kappa shape index (κ3) is 5.11. The summed E-state index contributed by atoms with van der Waals surface area (Å²) in [6.07, 6.45) is 0. The van der Waals surface area contributed by atoms with Crippen LogP contribution in [-0.4, -0.2) is 16.9 Å². The molecule has 0 atom stereocenters. The molecule has 8 heteroatoms. The van der Waals surface area contributed by atoms with Crippen LogP contribution in [0.25, 0.3) is 22.3 Å². The largest absolute Gasteiger partial charge is 0.399 e. The third-order valence-electron chi connectivity index (χ3n) is 5.05. The molecule has 0 radical (unpaired) electrons. The molecule has 2 N–H and O–H groups in total. The normalized spacial score (nSPS) is 10.1. The van der Waals surface area contributed by atoms with Gasteiger partial charge in [0.2, 0.25) is 0 Å². The second-order valence-electron chi connectivity index (χ2n) is 7.20. The molecule has 34 heavy (non-hydrogen) atoms. The number of carbonyl (C=O) groups is 2. The van der Waals surface area contributed by atoms with Crippen molar-refractivity contribution in [2.24, 2.45) is 0 Å². The molecule has 7 nitrogen and oxygen atoms in total. The summed E-state index contributed by atoms with van der Waals surface area (Å²) in [7, 11) is 0. The van der Waals surface area contributed by atoms with Crippen LogP contribution in [0.1, 0.15) is 20.7 Å². The lowest BCUT2D eigenvalue weighted by Crippen LogP contribution is -2.15. The van der Waals surface area contributed by atoms with Gasteiger partial charge in [-0.3, -0.25) is 10.1 Å². The van der Waals surface area contributed by atoms with Crippen LogP contribution in [0.3, 0.4) is 0 Å². The van der Waals surface area contributed by atoms with E-state index in [4.69, 9.17) is 10.5 Å². The predicted octanol–water partition coefficient (Wildman–Crippen LogP) is 5.93. The average molecular weight is 475 g/mol. The van der Waals surface area contributed by atoms with Crippen molar-refractivity contribution in [2.75, 3.05) is 5.73 Å². The van der Waals surface area contributed by atoms with Crippen molar-refractivity contribution in [2.45, 2.75) is 0 Å². The highest BCUT2D eigenvalue weighted by Crippen LogP contribution is 2.30. The number of rotatable bonds is 5. The first-order chi connectivity index (χ1) is 15.9. The standard InChI is InChI=1S/C26H18N2O5.ClH/c27-19-11-13-21(23(15-19)17-7-3-1-4-8-17)25(29)33-26(30)22-14-12-20(28(31)32)16-24(22)18-9-5-2-6-10-18;/h1-16H,27H2;1H. The Morgan fingerprint density at radius 3 is 1.68 bits per heavy atom. The Labute approximate surface area is 201 Å². The minimum Gasteiger partial charge on any atom is -0.399 e. The number of hydrogen-bond donors (Lipinski definition) is 1. The fourth-order valence-corrected chi connectivity index (χ4v) is 3.47. The Morgan fingerprint density at radius 2 is 1.18 bits per heavy atom. The molecule has 0 fully saturated rings. The summed E-state index contributed by atoms with van der Waals surface area (Å²) in [5.41, 5.74) is 8.54. The van der Waals surface area contributed by atoms with E-state index in [0.717, 1.165) is 5.56 Å². The zero-order chi connectivity index (χ0) is 23.4. The summed E-state index contributed by atoms with van der Waals surface area (Å²) in [5.74, 6) is -1.76. The van der Waals surface area contributed by atoms with E-state index in [0.29, 0.717) is 22.4 Å². The smallest absolute Gasteiger partial charge is 0.346 e. The first-order valence-corrected chi connectivity index (χ1v) is 9.99. The van der Waals surface area contributed by atoms with Crippen LogP contribution in [0.15, 0.2) is 97.1 Å². The molecule has 0 aliphatic rings. The molecule has 0 heterocycles. The molecule has 0 amide bonds. The van der Waals surface area contributed by atoms with Crippen LogP contribution in [-0.2, 0) is 4.74 Å². The average Bonchev–Trinajstić information content (AvgIpc) is 2.84. The maximum atomic E-state index is 13.0. The number of anilines is 1. The molecule has 4 aromatic carbocycles. The first-order valence-electron chi connectivity index (χ1n) is 9.99. The molecule has 4 rings (SSSR count). The molecular weight excluding hydrogens is 456 g/mol. The number of nitro benzene ring substituents is 1. The molecule has 170 valence electrons. The van der Waals surface area contributed by atoms with Crippen LogP contribution >= 0.6 is 12.4 Å². The van der Waals surface area contributed by atoms with Gasteiger partial charge in [0, 0.05) is 23.4 Å². The van der Waals surface area contributed by atoms with Crippen LogP contribution in [0, 0.1) is 10.1 Å². The number of nitrogen functional groups attached to an aromatic ring is 1. The first kappa shape index (κ1) is 24.2. The SMILES string of the molecule is Cl.Nc1ccc(C(=O)OC(=O)c2ccc([N+](=O)[O-])cc2-c2ccccc2)c(-c2ccccc2)c1. The van der Waals surface area contributed by atoms with E-state index >= 15 is 0 Å². The highest BCUT2D eigenvalue weighted by Gasteiger charge is 2.23. The van der Waals surface area contributed by atoms with Gasteiger partial charge >= 0.3 is 11.9 Å². The van der Waals surface area contributed by atoms with Crippen LogP contribution in [0.2, 0.25) is 0 Å². The molecule has 0 aliphatic carbocycles. The van der Waals surface area contributed by atoms with Crippen molar-refractivity contribution in [3.05, 3.63) is 118 Å². The molecule has 0 aliphatic heterocycles. The number of benzene rings is 4. The van der Waals surface area contributed by atoms with Crippen molar-refractivity contribution < 1.29 is 19.2 Å². The number of esters is 2. The summed E-state index contributed by atoms with van der Waals surface area (Å²) in [6.45, 7) is 0. The van der Waals surface area contributed by atoms with Gasteiger partial charge in [0.15, 0.2) is 0 Å². The van der Waals surface area contributed by atoms with E-state index in [1.165, 1.54) is 24.3 Å². The van der Waals surface area contributed by atoms with E-state index in [1.54, 1.807) is 42.5 Å². The fraction of sp³-hybridized carbons (Fsp3) is 0. The van der Waals surface area contributed by atoms with E-state index in [-0.39, 0.29) is 29.2 Å². The number of nitrogens with zero attached hydrogens (tertiary/aromatic N) is 1. The third-order valence-corrected chi connectivity index (χ3v) is 5.05. The Balaban J connectivity index is 0.00000324. The predicted molar refractivity (Wildman–Crippen MR) is 132 cm³/mol. The monoisotopic (exact) mass is 474 g/mol. The Hall–Kier alpha value is -4.49. The molecule has 0 saturated heterocycles. The molecule has 0 bridgehead atoms. The van der Waals surface area contributed by atoms with Gasteiger partial charge < -0.3 is 10.5 Å². The van der Waals surface area contributed by atoms with Gasteiger partial charge in [-0.05, 0) is 41.0 Å². The number of halogens is 1. The fourth-order valence-electron chi connectivity index (χ4n) is 3.47. The van der Waals surface area contributed by atoms with Crippen LogP contribution in [0.4, 0.5) is 11.4 Å². The summed E-state index contributed by atoms with van der Waals surface area (Å²) in [6, 6.07) is 26.3. The molecule has 0 saturated carbocycles. The van der Waals surface area contributed by atoms with Crippen molar-refractivity contribution in [3.63, 3.8) is 0 Å². The minimum absolute atomic E-state index is 0. The van der Waals surface area contributed by atoms with Crippen molar-refractivity contribution in [3.8, 4) is 22.3 Å². The summed E-state index contributed by atoms with van der Waals surface area (Å²) < 4.78 is 5.20. The minimum atomic E-state index is -0.912. The number of non-ortho nitro benzene ring substituents is 1. The number of hydrogen-bond acceptors (Lipinski definition) is 6. The lowest BCUT2D eigenvalue weighted by molar-refractivity contribution is -0.384. The number of nitrogens with two attached hydrogens (primary N) is 1. The van der Waals surface area contributed by atoms with Gasteiger partial charge in [-0.2, -0.15) is 0 Å². The molecule has 4 aromatic rings. The summed E-state index contributed by atoms with van der Waals surface area (Å²) >= 11 is 0. The Kier molecular flexibility index (Phi) is 7.40. The summed E-state index contributed by atoms with van der Waals surface area (Å²) in [4.78, 5) is 36.7. The Bertz CT molecular complexity index is 1360. The number of nitro groups is 1. The maximum Gasteiger partial charge on any atom is 0.346 e. The lowest BCUT2D eigenvalue weighted by Gasteiger charge is -2.12. The van der Waals surface area contributed by atoms with Gasteiger partial charge in [-0.1, -0.05) is 60.7 Å². The Morgan fingerprint density at radius 1 is 0.706 bits per heavy atom. The number of carbonyl (C=O) groups excluding carboxylic acids is 2. The van der Waals surface area contributed by atoms with E-state index in [2.05, 4.69) is 0 Å². The van der Waals surface area contributed by atoms with Crippen molar-refractivity contribution in [1.82, 2.24) is 0 Å². The van der Waals surface area contributed by atoms with Gasteiger partial charge in [0.25, 0.3) is 5.69 Å². The maximum absolute atomic E-state index is 13.0. The second-order valence-corrected chi connectivity index (χ2v) is 7.20.